The number of nitrogens with one attached hydrogen (secondary N) is 1. The average molecular weight is 374 g/mol. The monoisotopic (exact) mass is 374 g/mol. The smallest absolute Gasteiger partial charge is 0.248 e. The predicted molar refractivity (Wildman–Crippen MR) is 110 cm³/mol. The van der Waals surface area contributed by atoms with Gasteiger partial charge in [-0.1, -0.05) is 30.3 Å². The third-order valence-electron chi connectivity index (χ3n) is 4.93. The third-order valence-corrected chi connectivity index (χ3v) is 4.93. The van der Waals surface area contributed by atoms with Gasteiger partial charge in [0.15, 0.2) is 0 Å². The molecule has 1 N–H and O–H groups in total. The highest BCUT2D eigenvalue weighted by atomic mass is 16.2. The van der Waals surface area contributed by atoms with Gasteiger partial charge in [-0.15, -0.1) is 0 Å². The number of anilines is 2. The molecule has 1 aromatic heterocycles. The molecule has 2 heterocycles. The SMILES string of the molecule is CC1=Nc2ncnn2C(c2ccc(N(C)C)cc2)C1C(=O)Nc1ccccc1. The lowest BCUT2D eigenvalue weighted by Gasteiger charge is -2.30. The number of fused-ring (bicyclic) bond motifs is 1. The first-order valence-corrected chi connectivity index (χ1v) is 9.12. The van der Waals surface area contributed by atoms with E-state index in [4.69, 9.17) is 0 Å². The van der Waals surface area contributed by atoms with Crippen LogP contribution in [0.2, 0.25) is 0 Å². The summed E-state index contributed by atoms with van der Waals surface area (Å²) in [5.41, 5.74) is 3.55. The van der Waals surface area contributed by atoms with Gasteiger partial charge in [0.25, 0.3) is 0 Å². The molecule has 0 fully saturated rings. The van der Waals surface area contributed by atoms with E-state index in [1.807, 2.05) is 80.5 Å². The van der Waals surface area contributed by atoms with Gasteiger partial charge in [-0.3, -0.25) is 4.79 Å². The van der Waals surface area contributed by atoms with Crippen LogP contribution >= 0.6 is 0 Å². The molecule has 7 nitrogen and oxygen atoms in total. The fourth-order valence-electron chi connectivity index (χ4n) is 3.50. The molecule has 0 saturated carbocycles. The first kappa shape index (κ1) is 17.9. The van der Waals surface area contributed by atoms with E-state index in [1.165, 1.54) is 6.33 Å². The van der Waals surface area contributed by atoms with E-state index in [1.54, 1.807) is 4.68 Å². The third kappa shape index (κ3) is 3.26. The van der Waals surface area contributed by atoms with Crippen LogP contribution in [-0.4, -0.2) is 40.5 Å². The van der Waals surface area contributed by atoms with Gasteiger partial charge < -0.3 is 10.2 Å². The molecule has 0 aliphatic carbocycles. The number of amides is 1. The summed E-state index contributed by atoms with van der Waals surface area (Å²) < 4.78 is 1.73. The molecule has 28 heavy (non-hydrogen) atoms. The Morgan fingerprint density at radius 3 is 2.46 bits per heavy atom. The van der Waals surface area contributed by atoms with E-state index < -0.39 is 5.92 Å². The van der Waals surface area contributed by atoms with Gasteiger partial charge in [-0.2, -0.15) is 10.1 Å². The standard InChI is InChI=1S/C21H22N6O/c1-14-18(20(28)25-16-7-5-4-6-8-16)19(27-21(24-14)22-13-23-27)15-9-11-17(12-10-15)26(2)3/h4-13,18-19H,1-3H3,(H,25,28). The Bertz CT molecular complexity index is 1010. The van der Waals surface area contributed by atoms with E-state index in [-0.39, 0.29) is 11.9 Å². The predicted octanol–water partition coefficient (Wildman–Crippen LogP) is 3.29. The quantitative estimate of drug-likeness (QED) is 0.760. The second-order valence-corrected chi connectivity index (χ2v) is 7.02. The topological polar surface area (TPSA) is 75.4 Å². The number of carbonyl (C=O) groups excluding carboxylic acids is 1. The lowest BCUT2D eigenvalue weighted by molar-refractivity contribution is -0.118. The highest BCUT2D eigenvalue weighted by Crippen LogP contribution is 2.36. The first-order valence-electron chi connectivity index (χ1n) is 9.12. The van der Waals surface area contributed by atoms with Gasteiger partial charge >= 0.3 is 0 Å². The van der Waals surface area contributed by atoms with Crippen LogP contribution in [0, 0.1) is 5.92 Å². The molecule has 0 spiro atoms. The van der Waals surface area contributed by atoms with Gasteiger partial charge in [0, 0.05) is 31.2 Å². The molecule has 0 saturated heterocycles. The normalized spacial score (nSPS) is 18.2. The summed E-state index contributed by atoms with van der Waals surface area (Å²) in [6, 6.07) is 17.3. The van der Waals surface area contributed by atoms with Gasteiger partial charge in [-0.25, -0.2) is 9.67 Å². The maximum absolute atomic E-state index is 13.2. The molecular formula is C21H22N6O. The van der Waals surface area contributed by atoms with Crippen LogP contribution in [0.5, 0.6) is 0 Å². The van der Waals surface area contributed by atoms with Gasteiger partial charge in [0.1, 0.15) is 12.2 Å². The number of rotatable bonds is 4. The van der Waals surface area contributed by atoms with Crippen LogP contribution in [0.3, 0.4) is 0 Å². The van der Waals surface area contributed by atoms with Crippen molar-refractivity contribution in [3.05, 3.63) is 66.5 Å². The molecule has 0 bridgehead atoms. The molecule has 2 aromatic carbocycles. The van der Waals surface area contributed by atoms with E-state index >= 15 is 0 Å². The van der Waals surface area contributed by atoms with Gasteiger partial charge in [0.2, 0.25) is 11.9 Å². The van der Waals surface area contributed by atoms with Crippen molar-refractivity contribution in [1.82, 2.24) is 14.8 Å². The second kappa shape index (κ2) is 7.26. The maximum atomic E-state index is 13.2. The van der Waals surface area contributed by atoms with E-state index in [9.17, 15) is 4.79 Å². The van der Waals surface area contributed by atoms with Crippen molar-refractivity contribution in [3.63, 3.8) is 0 Å². The number of hydrogen-bond donors (Lipinski definition) is 1. The molecule has 1 aliphatic heterocycles. The minimum atomic E-state index is -0.486. The summed E-state index contributed by atoms with van der Waals surface area (Å²) in [6.45, 7) is 1.87. The second-order valence-electron chi connectivity index (χ2n) is 7.02. The van der Waals surface area contributed by atoms with Crippen LogP contribution in [0.25, 0.3) is 0 Å². The summed E-state index contributed by atoms with van der Waals surface area (Å²) in [4.78, 5) is 24.0. The summed E-state index contributed by atoms with van der Waals surface area (Å²) in [7, 11) is 4.00. The minimum absolute atomic E-state index is 0.115. The Balaban J connectivity index is 1.73. The Hall–Kier alpha value is -3.48. The fraction of sp³-hybridized carbons (Fsp3) is 0.238. The minimum Gasteiger partial charge on any atom is -0.378 e. The van der Waals surface area contributed by atoms with Gasteiger partial charge in [-0.05, 0) is 36.8 Å². The molecule has 1 aliphatic rings. The van der Waals surface area contributed by atoms with Gasteiger partial charge in [0.05, 0.1) is 6.04 Å². The average Bonchev–Trinajstić information content (AvgIpc) is 3.15. The van der Waals surface area contributed by atoms with Crippen molar-refractivity contribution in [2.24, 2.45) is 10.9 Å². The zero-order chi connectivity index (χ0) is 19.7. The fourth-order valence-corrected chi connectivity index (χ4v) is 3.50. The van der Waals surface area contributed by atoms with Crippen molar-refractivity contribution in [2.75, 3.05) is 24.3 Å². The molecule has 2 unspecified atom stereocenters. The lowest BCUT2D eigenvalue weighted by atomic mass is 9.87. The summed E-state index contributed by atoms with van der Waals surface area (Å²) in [5, 5.41) is 7.36. The molecular weight excluding hydrogens is 352 g/mol. The number of para-hydroxylation sites is 1. The summed E-state index contributed by atoms with van der Waals surface area (Å²) in [6.07, 6.45) is 1.48. The van der Waals surface area contributed by atoms with Crippen molar-refractivity contribution in [3.8, 4) is 0 Å². The lowest BCUT2D eigenvalue weighted by Crippen LogP contribution is -2.39. The number of carbonyl (C=O) groups is 1. The van der Waals surface area contributed by atoms with E-state index in [0.29, 0.717) is 5.95 Å². The molecule has 0 radical (unpaired) electrons. The van der Waals surface area contributed by atoms with Crippen molar-refractivity contribution >= 4 is 28.9 Å². The molecule has 4 rings (SSSR count). The zero-order valence-corrected chi connectivity index (χ0v) is 16.1. The summed E-state index contributed by atoms with van der Waals surface area (Å²) in [5.74, 6) is -0.0853. The molecule has 7 heteroatoms. The molecule has 2 atom stereocenters. The number of aliphatic imine (C=N–C) groups is 1. The maximum Gasteiger partial charge on any atom is 0.248 e. The van der Waals surface area contributed by atoms with Crippen molar-refractivity contribution < 1.29 is 4.79 Å². The Morgan fingerprint density at radius 1 is 1.07 bits per heavy atom. The van der Waals surface area contributed by atoms with Crippen LogP contribution < -0.4 is 10.2 Å². The highest BCUT2D eigenvalue weighted by molar-refractivity contribution is 6.10. The van der Waals surface area contributed by atoms with Crippen LogP contribution in [0.1, 0.15) is 18.5 Å². The molecule has 3 aromatic rings. The Labute approximate surface area is 163 Å². The molecule has 1 amide bonds. The number of aromatic nitrogens is 3. The largest absolute Gasteiger partial charge is 0.378 e. The number of benzene rings is 2. The summed E-state index contributed by atoms with van der Waals surface area (Å²) >= 11 is 0. The van der Waals surface area contributed by atoms with E-state index in [0.717, 1.165) is 22.6 Å². The van der Waals surface area contributed by atoms with Crippen molar-refractivity contribution in [2.45, 2.75) is 13.0 Å². The van der Waals surface area contributed by atoms with Crippen molar-refractivity contribution in [1.29, 1.82) is 0 Å². The van der Waals surface area contributed by atoms with E-state index in [2.05, 4.69) is 20.4 Å². The first-order chi connectivity index (χ1) is 13.5. The Kier molecular flexibility index (Phi) is 4.65. The number of hydrogen-bond acceptors (Lipinski definition) is 5. The Morgan fingerprint density at radius 2 is 1.79 bits per heavy atom. The van der Waals surface area contributed by atoms with Crippen LogP contribution in [0.15, 0.2) is 65.9 Å². The number of nitrogens with zero attached hydrogens (tertiary/aromatic N) is 5. The van der Waals surface area contributed by atoms with Crippen LogP contribution in [-0.2, 0) is 4.79 Å². The van der Waals surface area contributed by atoms with Crippen LogP contribution in [0.4, 0.5) is 17.3 Å². The molecule has 142 valence electrons. The zero-order valence-electron chi connectivity index (χ0n) is 16.1. The highest BCUT2D eigenvalue weighted by Gasteiger charge is 2.38.